The van der Waals surface area contributed by atoms with Crippen LogP contribution in [0.2, 0.25) is 0 Å². The van der Waals surface area contributed by atoms with Gasteiger partial charge in [0.2, 0.25) is 11.7 Å². The lowest BCUT2D eigenvalue weighted by Crippen LogP contribution is -2.60. The Kier molecular flexibility index (Phi) is 9.80. The van der Waals surface area contributed by atoms with Crippen molar-refractivity contribution in [2.45, 2.75) is 64.0 Å². The van der Waals surface area contributed by atoms with Crippen molar-refractivity contribution >= 4 is 24.1 Å². The minimum atomic E-state index is -1.34. The SMILES string of the molecule is CCCN(CCC)C(=O)O[C@@H]([C@@H]1OC(C(=O)OC)=C[C@H](N=[N+]=[N-])[C@H]1NC(C)=O)[C@H]1COC(=O)O1. The summed E-state index contributed by atoms with van der Waals surface area (Å²) in [6.07, 6.45) is -2.91. The Labute approximate surface area is 196 Å². The summed E-state index contributed by atoms with van der Waals surface area (Å²) in [6, 6.07) is -2.19. The molecule has 2 aliphatic heterocycles. The molecule has 0 aromatic rings. The van der Waals surface area contributed by atoms with Gasteiger partial charge >= 0.3 is 18.2 Å². The van der Waals surface area contributed by atoms with Crippen molar-refractivity contribution in [3.8, 4) is 0 Å². The van der Waals surface area contributed by atoms with Gasteiger partial charge in [0.1, 0.15) is 6.61 Å². The first kappa shape index (κ1) is 26.6. The highest BCUT2D eigenvalue weighted by molar-refractivity contribution is 5.86. The zero-order chi connectivity index (χ0) is 25.3. The lowest BCUT2D eigenvalue weighted by Gasteiger charge is -2.40. The van der Waals surface area contributed by atoms with Crippen molar-refractivity contribution in [2.75, 3.05) is 26.8 Å². The van der Waals surface area contributed by atoms with Gasteiger partial charge in [0.15, 0.2) is 18.3 Å². The summed E-state index contributed by atoms with van der Waals surface area (Å²) in [5.74, 6) is -1.71. The molecule has 2 amide bonds. The van der Waals surface area contributed by atoms with E-state index in [2.05, 4.69) is 15.3 Å². The molecule has 5 atom stereocenters. The predicted molar refractivity (Wildman–Crippen MR) is 114 cm³/mol. The molecule has 0 bridgehead atoms. The Morgan fingerprint density at radius 3 is 2.47 bits per heavy atom. The lowest BCUT2D eigenvalue weighted by molar-refractivity contribution is -0.147. The van der Waals surface area contributed by atoms with Gasteiger partial charge in [-0.15, -0.1) is 0 Å². The summed E-state index contributed by atoms with van der Waals surface area (Å²) in [5, 5.41) is 6.24. The average Bonchev–Trinajstić information content (AvgIpc) is 3.23. The van der Waals surface area contributed by atoms with Gasteiger partial charge < -0.3 is 33.9 Å². The molecule has 0 aliphatic carbocycles. The highest BCUT2D eigenvalue weighted by atomic mass is 16.8. The number of amides is 2. The third kappa shape index (κ3) is 6.67. The molecular formula is C20H29N5O9. The molecule has 0 aromatic heterocycles. The second-order valence-corrected chi connectivity index (χ2v) is 7.58. The molecule has 34 heavy (non-hydrogen) atoms. The summed E-state index contributed by atoms with van der Waals surface area (Å²) >= 11 is 0. The van der Waals surface area contributed by atoms with E-state index in [0.717, 1.165) is 7.11 Å². The Morgan fingerprint density at radius 2 is 1.97 bits per heavy atom. The molecule has 2 rings (SSSR count). The molecule has 14 heteroatoms. The number of rotatable bonds is 10. The first-order valence-corrected chi connectivity index (χ1v) is 10.8. The van der Waals surface area contributed by atoms with E-state index in [-0.39, 0.29) is 12.4 Å². The number of carbonyl (C=O) groups is 4. The highest BCUT2D eigenvalue weighted by Crippen LogP contribution is 2.29. The van der Waals surface area contributed by atoms with Gasteiger partial charge in [0.25, 0.3) is 0 Å². The minimum Gasteiger partial charge on any atom is -0.477 e. The maximum atomic E-state index is 13.0. The number of nitrogens with one attached hydrogen (secondary N) is 1. The standard InChI is InChI=1S/C20H29N5O9/c1-5-7-25(8-6-2)19(28)34-16(14-10-31-20(29)33-14)17-15(22-11(3)26)12(23-24-21)9-13(32-17)18(27)30-4/h9,12,14-17H,5-8,10H2,1-4H3,(H,22,26)/t12-,14+,15+,16+,17+/m0/s1. The highest BCUT2D eigenvalue weighted by Gasteiger charge is 2.50. The molecule has 0 spiro atoms. The van der Waals surface area contributed by atoms with E-state index in [9.17, 15) is 19.2 Å². The molecule has 2 heterocycles. The van der Waals surface area contributed by atoms with Gasteiger partial charge in [-0.2, -0.15) is 0 Å². The van der Waals surface area contributed by atoms with Gasteiger partial charge in [-0.25, -0.2) is 14.4 Å². The number of nitrogens with zero attached hydrogens (tertiary/aromatic N) is 4. The molecular weight excluding hydrogens is 454 g/mol. The Morgan fingerprint density at radius 1 is 1.29 bits per heavy atom. The van der Waals surface area contributed by atoms with Crippen LogP contribution < -0.4 is 5.32 Å². The zero-order valence-corrected chi connectivity index (χ0v) is 19.5. The number of carbonyl (C=O) groups excluding carboxylic acids is 4. The van der Waals surface area contributed by atoms with Crippen molar-refractivity contribution in [1.82, 2.24) is 10.2 Å². The monoisotopic (exact) mass is 483 g/mol. The first-order valence-electron chi connectivity index (χ1n) is 10.8. The summed E-state index contributed by atoms with van der Waals surface area (Å²) < 4.78 is 26.2. The van der Waals surface area contributed by atoms with E-state index in [1.165, 1.54) is 17.9 Å². The third-order valence-corrected chi connectivity index (χ3v) is 5.03. The molecule has 2 aliphatic rings. The minimum absolute atomic E-state index is 0.269. The molecule has 1 saturated heterocycles. The van der Waals surface area contributed by atoms with Crippen molar-refractivity contribution in [3.63, 3.8) is 0 Å². The molecule has 1 fully saturated rings. The summed E-state index contributed by atoms with van der Waals surface area (Å²) in [6.45, 7) is 5.58. The fourth-order valence-electron chi connectivity index (χ4n) is 3.65. The first-order chi connectivity index (χ1) is 16.2. The van der Waals surface area contributed by atoms with E-state index < -0.39 is 54.5 Å². The quantitative estimate of drug-likeness (QED) is 0.159. The predicted octanol–water partition coefficient (Wildman–Crippen LogP) is 1.79. The van der Waals surface area contributed by atoms with Gasteiger partial charge in [0, 0.05) is 24.9 Å². The Hall–Kier alpha value is -3.67. The maximum absolute atomic E-state index is 13.0. The number of azide groups is 1. The van der Waals surface area contributed by atoms with Crippen LogP contribution in [0.25, 0.3) is 10.4 Å². The second kappa shape index (κ2) is 12.5. The van der Waals surface area contributed by atoms with Gasteiger partial charge in [-0.05, 0) is 24.4 Å². The van der Waals surface area contributed by atoms with E-state index in [1.54, 1.807) is 0 Å². The van der Waals surface area contributed by atoms with Crippen LogP contribution >= 0.6 is 0 Å². The summed E-state index contributed by atoms with van der Waals surface area (Å²) in [7, 11) is 1.13. The van der Waals surface area contributed by atoms with Crippen LogP contribution in [0.1, 0.15) is 33.6 Å². The fraction of sp³-hybridized carbons (Fsp3) is 0.700. The van der Waals surface area contributed by atoms with Crippen LogP contribution in [-0.4, -0.2) is 86.2 Å². The van der Waals surface area contributed by atoms with Crippen molar-refractivity contribution in [2.24, 2.45) is 5.11 Å². The number of methoxy groups -OCH3 is 1. The van der Waals surface area contributed by atoms with Gasteiger partial charge in [-0.1, -0.05) is 19.0 Å². The van der Waals surface area contributed by atoms with Gasteiger partial charge in [-0.3, -0.25) is 4.79 Å². The lowest BCUT2D eigenvalue weighted by atomic mass is 9.92. The third-order valence-electron chi connectivity index (χ3n) is 5.03. The van der Waals surface area contributed by atoms with Crippen molar-refractivity contribution < 1.29 is 42.9 Å². The zero-order valence-electron chi connectivity index (χ0n) is 19.5. The largest absolute Gasteiger partial charge is 0.508 e. The Bertz CT molecular complexity index is 851. The molecule has 188 valence electrons. The van der Waals surface area contributed by atoms with E-state index in [1.807, 2.05) is 13.8 Å². The number of cyclic esters (lactones) is 2. The smallest absolute Gasteiger partial charge is 0.477 e. The molecule has 0 unspecified atom stereocenters. The second-order valence-electron chi connectivity index (χ2n) is 7.58. The van der Waals surface area contributed by atoms with Crippen LogP contribution in [0.15, 0.2) is 16.9 Å². The average molecular weight is 483 g/mol. The van der Waals surface area contributed by atoms with E-state index in [0.29, 0.717) is 25.9 Å². The van der Waals surface area contributed by atoms with Crippen molar-refractivity contribution in [1.29, 1.82) is 0 Å². The number of hydrogen-bond acceptors (Lipinski definition) is 10. The van der Waals surface area contributed by atoms with Crippen LogP contribution in [0.3, 0.4) is 0 Å². The van der Waals surface area contributed by atoms with Crippen LogP contribution in [0.4, 0.5) is 9.59 Å². The molecule has 0 saturated carbocycles. The van der Waals surface area contributed by atoms with E-state index >= 15 is 0 Å². The molecule has 1 N–H and O–H groups in total. The van der Waals surface area contributed by atoms with Crippen LogP contribution in [-0.2, 0) is 33.3 Å². The molecule has 14 nitrogen and oxygen atoms in total. The summed E-state index contributed by atoms with van der Waals surface area (Å²) in [5.41, 5.74) is 9.04. The molecule has 0 radical (unpaired) electrons. The van der Waals surface area contributed by atoms with Crippen LogP contribution in [0.5, 0.6) is 0 Å². The normalized spacial score (nSPS) is 24.2. The number of esters is 1. The Balaban J connectivity index is 2.50. The van der Waals surface area contributed by atoms with Gasteiger partial charge in [0.05, 0.1) is 19.2 Å². The number of ether oxygens (including phenoxy) is 5. The maximum Gasteiger partial charge on any atom is 0.508 e. The fourth-order valence-corrected chi connectivity index (χ4v) is 3.65. The summed E-state index contributed by atoms with van der Waals surface area (Å²) in [4.78, 5) is 53.1. The van der Waals surface area contributed by atoms with E-state index in [4.69, 9.17) is 29.2 Å². The molecule has 0 aromatic carbocycles. The number of hydrogen-bond donors (Lipinski definition) is 1. The van der Waals surface area contributed by atoms with Crippen molar-refractivity contribution in [3.05, 3.63) is 22.3 Å². The topological polar surface area (TPSA) is 178 Å². The van der Waals surface area contributed by atoms with Crippen LogP contribution in [0, 0.1) is 0 Å².